The lowest BCUT2D eigenvalue weighted by Crippen LogP contribution is -2.40. The minimum absolute atomic E-state index is 0.0233. The number of aliphatic hydroxyl groups excluding tert-OH is 1. The Hall–Kier alpha value is -14.0. The van der Waals surface area contributed by atoms with Gasteiger partial charge in [0.25, 0.3) is 5.82 Å². The van der Waals surface area contributed by atoms with E-state index in [0.717, 1.165) is 107 Å². The first kappa shape index (κ1) is 106. The molecule has 10 aromatic rings. The highest BCUT2D eigenvalue weighted by atomic mass is 127. The number of halogens is 1. The number of amides is 4. The van der Waals surface area contributed by atoms with Crippen molar-refractivity contribution in [3.63, 3.8) is 0 Å². The maximum atomic E-state index is 12.0. The number of carboxylic acid groups (broad SMARTS) is 1. The summed E-state index contributed by atoms with van der Waals surface area (Å²) >= 11 is 2.20. The number of nitrogens with two attached hydrogens (primary N) is 2. The van der Waals surface area contributed by atoms with Gasteiger partial charge in [-0.15, -0.1) is 14.9 Å². The molecule has 5 aliphatic rings. The van der Waals surface area contributed by atoms with Crippen molar-refractivity contribution in [3.05, 3.63) is 178 Å². The normalized spacial score (nSPS) is 15.1. The predicted octanol–water partition coefficient (Wildman–Crippen LogP) is 7.96. The molecule has 0 spiro atoms. The summed E-state index contributed by atoms with van der Waals surface area (Å²) in [4.78, 5) is 134. The van der Waals surface area contributed by atoms with Gasteiger partial charge in [-0.2, -0.15) is 30.6 Å². The number of Topliss-reactive ketones (excluding diaryl/α,β-unsaturated/α-hetero) is 1. The number of alkyl halides is 1. The third-order valence-corrected chi connectivity index (χ3v) is 21.7. The molecule has 131 heavy (non-hydrogen) atoms. The molecule has 708 valence electrons. The molecule has 8 N–H and O–H groups in total. The third-order valence-electron chi connectivity index (χ3n) is 20.5. The zero-order valence-corrected chi connectivity index (χ0v) is 78.2. The minimum atomic E-state index is -1.12. The van der Waals surface area contributed by atoms with Crippen LogP contribution in [-0.2, 0) is 111 Å². The molecule has 0 aliphatic carbocycles. The molecule has 4 amide bonds. The summed E-state index contributed by atoms with van der Waals surface area (Å²) in [5.41, 5.74) is 29.3. The summed E-state index contributed by atoms with van der Waals surface area (Å²) in [6.45, 7) is 19.9. The van der Waals surface area contributed by atoms with Gasteiger partial charge < -0.3 is 56.1 Å². The molecule has 14 heterocycles. The molecular weight excluding hydrogens is 1820 g/mol. The van der Waals surface area contributed by atoms with Crippen LogP contribution in [0.25, 0.3) is 10.4 Å². The molecule has 49 heteroatoms. The summed E-state index contributed by atoms with van der Waals surface area (Å²) in [6, 6.07) is 8.63. The van der Waals surface area contributed by atoms with Gasteiger partial charge in [-0.3, -0.25) is 67.7 Å². The number of aryl methyl sites for hydroxylation is 15. The minimum Gasteiger partial charge on any atom is -0.475 e. The van der Waals surface area contributed by atoms with Gasteiger partial charge in [-0.1, -0.05) is 68.2 Å². The number of aromatic amines is 2. The number of hydrogen-bond donors (Lipinski definition) is 6. The van der Waals surface area contributed by atoms with Gasteiger partial charge in [0.2, 0.25) is 23.6 Å². The number of benzene rings is 1. The number of H-pyrrole nitrogens is 2. The Bertz CT molecular complexity index is 5460. The lowest BCUT2D eigenvalue weighted by atomic mass is 10.1. The third kappa shape index (κ3) is 31.2. The standard InChI is InChI=1S/C10H9N3O2.C9H12IN3O.C9H12N6O.C9H14N4O.C9H13N3O4.C9H15N3O2.C9H13N3O.C9H12N2O.C5H10O3.C4H5N3O2/c14-10(15)9-11-8(12-13-9)6-7-4-2-1-3-5-7;1-6-5-11-13-4-3-7(10)9(14)12(2)8(6)13;1-6-5-11-15-4-3-7(12-13-10)9(16)14(2)8(6)15;1-6-5-11-13-4-3-7(10)9(14)12(2)8(6)13;1-7-6-10-11(9(7)12(14)15)5-3-4-8(13)16-2;1-7-6-11-12(9(7)10)5-3-4-8(13)14-2;1-7-6-10-12-5-3-4-8(13)11(2)9(7)12;1-7-6-10-11-4-2-3-8(12)5-9(7)11;1-8-5(7)3-2-4-6;1-3-2-5-6-4(3)7(8)9/h1-5H,6H2,(H,14,15)(H,11,12,13);5,7H,3-4H2,1-2H3;5,7H,3-4H2,1-2H3;5,7H,3-4,10H2,1-2H3;6H,3-5H2,1-2H3;6H,3-5,10H2,1-2H3;6H,3-5H2,1-2H3;6H,2-5H2,1H3;6H,2-4H2,1H3;2H,1H3,(H,5,6). The van der Waals surface area contributed by atoms with Gasteiger partial charge in [0.1, 0.15) is 53.3 Å². The monoisotopic (exact) mass is 1930 g/mol. The van der Waals surface area contributed by atoms with Crippen LogP contribution in [0.5, 0.6) is 0 Å². The summed E-state index contributed by atoms with van der Waals surface area (Å²) in [5.74, 6) is 3.07. The van der Waals surface area contributed by atoms with E-state index >= 15 is 0 Å². The van der Waals surface area contributed by atoms with Crippen LogP contribution in [0.15, 0.2) is 85.0 Å². The van der Waals surface area contributed by atoms with Crippen LogP contribution in [-0.4, -0.2) is 239 Å². The molecule has 48 nitrogen and oxygen atoms in total. The van der Waals surface area contributed by atoms with Crippen molar-refractivity contribution in [1.82, 2.24) is 93.8 Å². The molecule has 3 unspecified atom stereocenters. The highest BCUT2D eigenvalue weighted by Gasteiger charge is 2.32. The first-order valence-corrected chi connectivity index (χ1v) is 42.8. The second-order valence-electron chi connectivity index (χ2n) is 30.3. The van der Waals surface area contributed by atoms with Crippen molar-refractivity contribution in [1.29, 1.82) is 0 Å². The summed E-state index contributed by atoms with van der Waals surface area (Å²) in [5, 5.41) is 82.0. The van der Waals surface area contributed by atoms with Crippen LogP contribution >= 0.6 is 22.6 Å². The number of esters is 3. The second kappa shape index (κ2) is 52.5. The second-order valence-corrected chi connectivity index (χ2v) is 31.8. The van der Waals surface area contributed by atoms with Crippen LogP contribution < -0.4 is 31.1 Å². The fourth-order valence-electron chi connectivity index (χ4n) is 13.5. The van der Waals surface area contributed by atoms with Crippen LogP contribution in [0.2, 0.25) is 0 Å². The molecule has 0 saturated carbocycles. The maximum Gasteiger partial charge on any atom is 0.375 e. The van der Waals surface area contributed by atoms with E-state index in [4.69, 9.17) is 27.2 Å². The van der Waals surface area contributed by atoms with Crippen molar-refractivity contribution < 1.29 is 77.4 Å². The van der Waals surface area contributed by atoms with E-state index in [2.05, 4.69) is 108 Å². The number of carboxylic acids is 1. The van der Waals surface area contributed by atoms with E-state index in [1.165, 1.54) is 43.3 Å². The predicted molar refractivity (Wildman–Crippen MR) is 487 cm³/mol. The van der Waals surface area contributed by atoms with E-state index in [-0.39, 0.29) is 75.9 Å². The number of azide groups is 1. The number of ether oxygens (including phenoxy) is 3. The number of nitrogen functional groups attached to an aromatic ring is 1. The zero-order valence-electron chi connectivity index (χ0n) is 76.1. The van der Waals surface area contributed by atoms with Crippen LogP contribution in [0.3, 0.4) is 0 Å². The number of carbonyl (C=O) groups excluding carboxylic acids is 8. The van der Waals surface area contributed by atoms with Crippen molar-refractivity contribution in [2.45, 2.75) is 214 Å². The molecule has 9 aromatic heterocycles. The quantitative estimate of drug-likeness (QED) is 0.00579. The number of rotatable bonds is 17. The number of carbonyl (C=O) groups is 9. The van der Waals surface area contributed by atoms with E-state index in [9.17, 15) is 63.4 Å². The van der Waals surface area contributed by atoms with E-state index < -0.39 is 27.9 Å². The number of nitrogens with zero attached hydrogens (tertiary/aromatic N) is 26. The highest BCUT2D eigenvalue weighted by Crippen LogP contribution is 2.29. The first-order chi connectivity index (χ1) is 62.3. The first-order valence-electron chi connectivity index (χ1n) is 41.6. The number of anilines is 5. The fourth-order valence-corrected chi connectivity index (χ4v) is 14.2. The van der Waals surface area contributed by atoms with Gasteiger partial charge in [0, 0.05) is 157 Å². The number of nitro groups is 2. The lowest BCUT2D eigenvalue weighted by Gasteiger charge is -2.17. The summed E-state index contributed by atoms with van der Waals surface area (Å²) in [7, 11) is 11.1. The van der Waals surface area contributed by atoms with Crippen LogP contribution in [0, 0.1) is 75.6 Å². The van der Waals surface area contributed by atoms with Crippen LogP contribution in [0.1, 0.15) is 156 Å². The number of aromatic carboxylic acids is 1. The number of ketones is 1. The Morgan fingerprint density at radius 2 is 1.04 bits per heavy atom. The van der Waals surface area contributed by atoms with Crippen molar-refractivity contribution in [2.75, 3.05) is 81.5 Å². The van der Waals surface area contributed by atoms with Crippen LogP contribution in [0.4, 0.5) is 40.7 Å². The number of nitrogens with one attached hydrogen (secondary N) is 2. The molecule has 0 bridgehead atoms. The van der Waals surface area contributed by atoms with Crippen molar-refractivity contribution >= 4 is 117 Å². The molecule has 1 aromatic carbocycles. The summed E-state index contributed by atoms with van der Waals surface area (Å²) in [6.07, 6.45) is 22.4. The van der Waals surface area contributed by atoms with Crippen molar-refractivity contribution in [2.24, 2.45) is 10.8 Å². The Balaban J connectivity index is 0.000000225. The van der Waals surface area contributed by atoms with E-state index in [1.54, 1.807) is 70.6 Å². The highest BCUT2D eigenvalue weighted by molar-refractivity contribution is 14.1. The SMILES string of the molecule is COC(=O)CCCO.COC(=O)CCCn1ncc(C)c1N.COC(=O)CCCn1ncc(C)c1[N+](=O)[O-].Cc1cn[nH]c1[N+](=O)[O-].Cc1cnn2c1CC(=O)CCC2.Cc1cnn2c1N(C)C(=O)C(I)CC2.Cc1cnn2c1N(C)C(=O)C(N)CC2.Cc1cnn2c1N(C)C(=O)C(N=[N+]=[N-])CC2.Cc1cnn2c1N(C)C(=O)CCC2.O=C(O)c1n[nH]c(Cc2ccccc2)n1. The Morgan fingerprint density at radius 3 is 1.53 bits per heavy atom. The Morgan fingerprint density at radius 1 is 0.573 bits per heavy atom. The van der Waals surface area contributed by atoms with E-state index in [1.807, 2.05) is 123 Å². The smallest absolute Gasteiger partial charge is 0.375 e. The average molecular weight is 1940 g/mol. The van der Waals surface area contributed by atoms with Gasteiger partial charge in [0.15, 0.2) is 0 Å². The molecule has 3 atom stereocenters. The summed E-state index contributed by atoms with van der Waals surface area (Å²) < 4.78 is 25.7. The molecule has 0 saturated heterocycles. The number of aliphatic hydroxyl groups is 1. The topological polar surface area (TPSA) is 617 Å². The van der Waals surface area contributed by atoms with Gasteiger partial charge in [-0.25, -0.2) is 33.2 Å². The number of methoxy groups -OCH3 is 3. The Labute approximate surface area is 767 Å². The molecule has 5 aliphatic heterocycles. The van der Waals surface area contributed by atoms with Gasteiger partial charge in [0.05, 0.1) is 92.0 Å². The fraction of sp³-hybridized carbons (Fsp3) is 0.500. The van der Waals surface area contributed by atoms with Crippen molar-refractivity contribution in [3.8, 4) is 0 Å². The largest absolute Gasteiger partial charge is 0.475 e. The average Bonchev–Trinajstić information content (AvgIpc) is 1.67. The van der Waals surface area contributed by atoms with Gasteiger partial charge >= 0.3 is 35.5 Å². The molecule has 0 fully saturated rings. The number of fused-ring (bicyclic) bond motifs is 5. The lowest BCUT2D eigenvalue weighted by molar-refractivity contribution is -0.393. The van der Waals surface area contributed by atoms with E-state index in [0.29, 0.717) is 125 Å². The number of likely N-dealkylation sites (N-methyl/N-ethyl adjacent to an activating group) is 2. The molecule has 0 radical (unpaired) electrons. The zero-order chi connectivity index (χ0) is 96.9. The maximum absolute atomic E-state index is 12.0. The Kier molecular flexibility index (Phi) is 42.4. The number of hydrogen-bond acceptors (Lipinski definition) is 30. The van der Waals surface area contributed by atoms with Gasteiger partial charge in [-0.05, 0) is 133 Å². The molecular formula is C82H115IN30O18. The molecule has 15 rings (SSSR count). The number of aromatic nitrogens is 19.